The maximum absolute atomic E-state index is 12.2. The van der Waals surface area contributed by atoms with Gasteiger partial charge in [-0.1, -0.05) is 28.0 Å². The van der Waals surface area contributed by atoms with E-state index in [1.807, 2.05) is 6.07 Å². The summed E-state index contributed by atoms with van der Waals surface area (Å²) in [6.07, 6.45) is 0. The maximum Gasteiger partial charge on any atom is 0.279 e. The Morgan fingerprint density at radius 3 is 2.82 bits per heavy atom. The van der Waals surface area contributed by atoms with Crippen LogP contribution >= 0.6 is 11.6 Å². The molecule has 8 heteroatoms. The second-order valence-electron chi connectivity index (χ2n) is 4.69. The van der Waals surface area contributed by atoms with E-state index in [0.29, 0.717) is 22.3 Å². The summed E-state index contributed by atoms with van der Waals surface area (Å²) in [5, 5.41) is 14.8. The highest BCUT2D eigenvalue weighted by Crippen LogP contribution is 2.17. The van der Waals surface area contributed by atoms with E-state index in [-0.39, 0.29) is 5.69 Å². The van der Waals surface area contributed by atoms with E-state index in [2.05, 4.69) is 20.8 Å². The second kappa shape index (κ2) is 5.61. The van der Waals surface area contributed by atoms with E-state index in [1.54, 1.807) is 42.8 Å². The lowest BCUT2D eigenvalue weighted by Gasteiger charge is -2.04. The number of halogens is 1. The van der Waals surface area contributed by atoms with Crippen LogP contribution in [0.3, 0.4) is 0 Å². The van der Waals surface area contributed by atoms with Gasteiger partial charge < -0.3 is 9.84 Å². The molecular formula is C14H12ClN5O2. The van der Waals surface area contributed by atoms with Crippen molar-refractivity contribution in [2.45, 2.75) is 13.8 Å². The van der Waals surface area contributed by atoms with Crippen molar-refractivity contribution in [1.82, 2.24) is 20.2 Å². The van der Waals surface area contributed by atoms with Crippen LogP contribution in [0.15, 0.2) is 34.9 Å². The lowest BCUT2D eigenvalue weighted by molar-refractivity contribution is 0.102. The molecule has 22 heavy (non-hydrogen) atoms. The van der Waals surface area contributed by atoms with Crippen molar-refractivity contribution in [2.75, 3.05) is 5.32 Å². The van der Waals surface area contributed by atoms with Crippen LogP contribution in [0, 0.1) is 13.8 Å². The highest BCUT2D eigenvalue weighted by atomic mass is 35.5. The van der Waals surface area contributed by atoms with Gasteiger partial charge in [0.2, 0.25) is 0 Å². The van der Waals surface area contributed by atoms with Crippen molar-refractivity contribution in [3.05, 3.63) is 52.5 Å². The zero-order valence-electron chi connectivity index (χ0n) is 11.9. The molecule has 0 spiro atoms. The molecule has 0 saturated heterocycles. The van der Waals surface area contributed by atoms with Crippen LogP contribution in [0.1, 0.15) is 21.9 Å². The molecule has 2 heterocycles. The number of carbonyl (C=O) groups excluding carboxylic acids is 1. The Balaban J connectivity index is 1.88. The molecule has 0 fully saturated rings. The van der Waals surface area contributed by atoms with Gasteiger partial charge in [-0.3, -0.25) is 4.79 Å². The van der Waals surface area contributed by atoms with Crippen molar-refractivity contribution in [3.63, 3.8) is 0 Å². The van der Waals surface area contributed by atoms with Gasteiger partial charge in [-0.2, -0.15) is 0 Å². The molecule has 3 rings (SSSR count). The number of hydrogen-bond acceptors (Lipinski definition) is 5. The van der Waals surface area contributed by atoms with Gasteiger partial charge in [0.25, 0.3) is 5.91 Å². The average Bonchev–Trinajstić information content (AvgIpc) is 3.05. The van der Waals surface area contributed by atoms with Gasteiger partial charge in [0, 0.05) is 11.1 Å². The number of amides is 1. The first-order valence-electron chi connectivity index (χ1n) is 6.47. The molecule has 0 aliphatic heterocycles. The predicted octanol–water partition coefficient (Wildman–Crippen LogP) is 2.78. The fourth-order valence-corrected chi connectivity index (χ4v) is 2.18. The Kier molecular flexibility index (Phi) is 3.64. The summed E-state index contributed by atoms with van der Waals surface area (Å²) in [7, 11) is 0. The fourth-order valence-electron chi connectivity index (χ4n) is 1.99. The van der Waals surface area contributed by atoms with E-state index < -0.39 is 5.91 Å². The van der Waals surface area contributed by atoms with Crippen LogP contribution in [-0.2, 0) is 0 Å². The van der Waals surface area contributed by atoms with Crippen molar-refractivity contribution >= 4 is 23.3 Å². The third kappa shape index (κ3) is 2.71. The second-order valence-corrected chi connectivity index (χ2v) is 5.13. The fraction of sp³-hybridized carbons (Fsp3) is 0.143. The Hall–Kier alpha value is -2.67. The van der Waals surface area contributed by atoms with E-state index in [4.69, 9.17) is 16.1 Å². The maximum atomic E-state index is 12.2. The molecule has 0 aliphatic carbocycles. The normalized spacial score (nSPS) is 10.7. The zero-order chi connectivity index (χ0) is 15.7. The number of aryl methyl sites for hydroxylation is 1. The predicted molar refractivity (Wildman–Crippen MR) is 80.3 cm³/mol. The summed E-state index contributed by atoms with van der Waals surface area (Å²) in [6, 6.07) is 8.76. The molecule has 0 saturated carbocycles. The molecule has 0 atom stereocenters. The van der Waals surface area contributed by atoms with Gasteiger partial charge in [0.1, 0.15) is 5.76 Å². The van der Waals surface area contributed by atoms with Crippen LogP contribution in [0.5, 0.6) is 0 Å². The summed E-state index contributed by atoms with van der Waals surface area (Å²) in [5.41, 5.74) is 1.54. The highest BCUT2D eigenvalue weighted by Gasteiger charge is 2.18. The number of anilines is 1. The van der Waals surface area contributed by atoms with E-state index in [9.17, 15) is 4.79 Å². The number of nitrogens with zero attached hydrogens (tertiary/aromatic N) is 4. The van der Waals surface area contributed by atoms with Crippen molar-refractivity contribution in [2.24, 2.45) is 0 Å². The zero-order valence-corrected chi connectivity index (χ0v) is 12.6. The quantitative estimate of drug-likeness (QED) is 0.802. The molecule has 1 amide bonds. The van der Waals surface area contributed by atoms with Crippen molar-refractivity contribution < 1.29 is 9.32 Å². The number of hydrogen-bond donors (Lipinski definition) is 1. The van der Waals surface area contributed by atoms with E-state index >= 15 is 0 Å². The minimum absolute atomic E-state index is 0.209. The lowest BCUT2D eigenvalue weighted by Crippen LogP contribution is -2.14. The summed E-state index contributed by atoms with van der Waals surface area (Å²) in [6.45, 7) is 3.49. The first-order valence-corrected chi connectivity index (χ1v) is 6.85. The molecule has 0 aliphatic rings. The third-order valence-electron chi connectivity index (χ3n) is 3.03. The standard InChI is InChI=1S/C14H12ClN5O2/c1-8-6-12(18-22-8)16-14(21)13-9(2)20(19-17-13)11-5-3-4-10(15)7-11/h3-7H,1-2H3,(H,16,18,21). The minimum Gasteiger partial charge on any atom is -0.360 e. The van der Waals surface area contributed by atoms with Gasteiger partial charge in [-0.15, -0.1) is 5.10 Å². The summed E-state index contributed by atoms with van der Waals surface area (Å²) >= 11 is 5.97. The molecule has 112 valence electrons. The molecule has 1 N–H and O–H groups in total. The molecular weight excluding hydrogens is 306 g/mol. The van der Waals surface area contributed by atoms with Crippen LogP contribution < -0.4 is 5.32 Å². The molecule has 0 radical (unpaired) electrons. The molecule has 0 bridgehead atoms. The largest absolute Gasteiger partial charge is 0.360 e. The molecule has 7 nitrogen and oxygen atoms in total. The Bertz CT molecular complexity index is 839. The molecule has 2 aromatic heterocycles. The van der Waals surface area contributed by atoms with Crippen LogP contribution in [0.4, 0.5) is 5.82 Å². The van der Waals surface area contributed by atoms with Crippen LogP contribution in [-0.4, -0.2) is 26.1 Å². The molecule has 0 unspecified atom stereocenters. The molecule has 3 aromatic rings. The number of benzene rings is 1. The Labute approximate surface area is 130 Å². The highest BCUT2D eigenvalue weighted by molar-refractivity contribution is 6.30. The Morgan fingerprint density at radius 2 is 2.14 bits per heavy atom. The monoisotopic (exact) mass is 317 g/mol. The van der Waals surface area contributed by atoms with Crippen molar-refractivity contribution in [1.29, 1.82) is 0 Å². The topological polar surface area (TPSA) is 85.8 Å². The van der Waals surface area contributed by atoms with Gasteiger partial charge >= 0.3 is 0 Å². The first-order chi connectivity index (χ1) is 10.5. The van der Waals surface area contributed by atoms with Gasteiger partial charge in [-0.05, 0) is 32.0 Å². The Morgan fingerprint density at radius 1 is 1.32 bits per heavy atom. The minimum atomic E-state index is -0.404. The smallest absolute Gasteiger partial charge is 0.279 e. The number of nitrogens with one attached hydrogen (secondary N) is 1. The summed E-state index contributed by atoms with van der Waals surface area (Å²) in [4.78, 5) is 12.2. The van der Waals surface area contributed by atoms with E-state index in [0.717, 1.165) is 5.69 Å². The number of rotatable bonds is 3. The summed E-state index contributed by atoms with van der Waals surface area (Å²) in [5.74, 6) is 0.535. The number of aromatic nitrogens is 4. The van der Waals surface area contributed by atoms with Crippen molar-refractivity contribution in [3.8, 4) is 5.69 Å². The van der Waals surface area contributed by atoms with E-state index in [1.165, 1.54) is 0 Å². The summed E-state index contributed by atoms with van der Waals surface area (Å²) < 4.78 is 6.45. The number of carbonyl (C=O) groups is 1. The van der Waals surface area contributed by atoms with Gasteiger partial charge in [-0.25, -0.2) is 4.68 Å². The van der Waals surface area contributed by atoms with Crippen LogP contribution in [0.2, 0.25) is 5.02 Å². The lowest BCUT2D eigenvalue weighted by atomic mass is 10.3. The SMILES string of the molecule is Cc1cc(NC(=O)c2nnn(-c3cccc(Cl)c3)c2C)no1. The average molecular weight is 318 g/mol. The first kappa shape index (κ1) is 14.3. The van der Waals surface area contributed by atoms with Crippen LogP contribution in [0.25, 0.3) is 5.69 Å². The van der Waals surface area contributed by atoms with Gasteiger partial charge in [0.05, 0.1) is 11.4 Å². The third-order valence-corrected chi connectivity index (χ3v) is 3.27. The molecule has 1 aromatic carbocycles. The van der Waals surface area contributed by atoms with Gasteiger partial charge in [0.15, 0.2) is 11.5 Å².